The van der Waals surface area contributed by atoms with Gasteiger partial charge in [-0.2, -0.15) is 0 Å². The first-order chi connectivity index (χ1) is 15.0. The van der Waals surface area contributed by atoms with Crippen LogP contribution < -0.4 is 15.0 Å². The highest BCUT2D eigenvalue weighted by molar-refractivity contribution is 5.82. The molecule has 174 valence electrons. The molecule has 0 radical (unpaired) electrons. The van der Waals surface area contributed by atoms with Gasteiger partial charge in [-0.15, -0.1) is 0 Å². The Labute approximate surface area is 189 Å². The minimum atomic E-state index is -0.643. The zero-order valence-corrected chi connectivity index (χ0v) is 19.8. The summed E-state index contributed by atoms with van der Waals surface area (Å²) >= 11 is 0. The average molecular weight is 443 g/mol. The van der Waals surface area contributed by atoms with E-state index in [4.69, 9.17) is 9.72 Å². The van der Waals surface area contributed by atoms with E-state index in [-0.39, 0.29) is 18.0 Å². The van der Waals surface area contributed by atoms with Gasteiger partial charge in [0.05, 0.1) is 18.3 Å². The van der Waals surface area contributed by atoms with Crippen molar-refractivity contribution in [3.05, 3.63) is 29.6 Å². The molecule has 0 aromatic carbocycles. The molecular formula is C23H34N6O3. The van der Waals surface area contributed by atoms with Crippen LogP contribution in [0.4, 0.5) is 5.82 Å². The number of carbonyl (C=O) groups excluding carboxylic acids is 1. The van der Waals surface area contributed by atoms with Gasteiger partial charge in [-0.05, 0) is 53.8 Å². The largest absolute Gasteiger partial charge is 0.492 e. The minimum Gasteiger partial charge on any atom is -0.492 e. The number of aliphatic hydroxyl groups is 1. The molecule has 2 aromatic heterocycles. The van der Waals surface area contributed by atoms with Crippen molar-refractivity contribution in [2.45, 2.75) is 45.3 Å². The molecule has 0 saturated carbocycles. The van der Waals surface area contributed by atoms with Crippen LogP contribution in [0, 0.1) is 0 Å². The van der Waals surface area contributed by atoms with E-state index in [2.05, 4.69) is 20.2 Å². The second-order valence-corrected chi connectivity index (χ2v) is 9.47. The van der Waals surface area contributed by atoms with Crippen LogP contribution in [0.1, 0.15) is 44.6 Å². The molecule has 2 heterocycles. The molecule has 9 heteroatoms. The van der Waals surface area contributed by atoms with Gasteiger partial charge in [0.25, 0.3) is 0 Å². The Morgan fingerprint density at radius 1 is 1.28 bits per heavy atom. The van der Waals surface area contributed by atoms with Gasteiger partial charge < -0.3 is 25.0 Å². The zero-order valence-electron chi connectivity index (χ0n) is 19.8. The summed E-state index contributed by atoms with van der Waals surface area (Å²) in [5.74, 6) is 1.59. The first-order valence-electron chi connectivity index (χ1n) is 10.9. The Hall–Kier alpha value is -2.78. The molecule has 1 aliphatic carbocycles. The van der Waals surface area contributed by atoms with Crippen molar-refractivity contribution in [1.82, 2.24) is 25.2 Å². The number of nitrogens with zero attached hydrogens (tertiary/aromatic N) is 5. The van der Waals surface area contributed by atoms with Gasteiger partial charge in [0.1, 0.15) is 23.9 Å². The van der Waals surface area contributed by atoms with E-state index in [0.717, 1.165) is 12.2 Å². The zero-order chi connectivity index (χ0) is 23.5. The smallest absolute Gasteiger partial charge is 0.239 e. The van der Waals surface area contributed by atoms with Crippen LogP contribution in [-0.2, 0) is 11.2 Å². The maximum absolute atomic E-state index is 12.5. The lowest BCUT2D eigenvalue weighted by atomic mass is 10.1. The number of fused-ring (bicyclic) bond motifs is 1. The van der Waals surface area contributed by atoms with Gasteiger partial charge in [0.2, 0.25) is 5.91 Å². The van der Waals surface area contributed by atoms with E-state index in [0.29, 0.717) is 48.1 Å². The van der Waals surface area contributed by atoms with Gasteiger partial charge in [0.15, 0.2) is 5.82 Å². The van der Waals surface area contributed by atoms with E-state index in [1.165, 1.54) is 0 Å². The molecule has 3 rings (SSSR count). The van der Waals surface area contributed by atoms with E-state index < -0.39 is 6.10 Å². The maximum atomic E-state index is 12.5. The fourth-order valence-corrected chi connectivity index (χ4v) is 3.58. The number of rotatable bonds is 8. The fraction of sp³-hybridized carbons (Fsp3) is 0.565. The summed E-state index contributed by atoms with van der Waals surface area (Å²) in [4.78, 5) is 30.1. The number of ether oxygens (including phenoxy) is 1. The lowest BCUT2D eigenvalue weighted by Gasteiger charge is -2.25. The number of carbonyl (C=O) groups is 1. The predicted octanol–water partition coefficient (Wildman–Crippen LogP) is 1.81. The second kappa shape index (κ2) is 9.79. The number of hydrogen-bond donors (Lipinski definition) is 2. The molecule has 0 spiro atoms. The number of likely N-dealkylation sites (N-methyl/N-ethyl adjacent to an activating group) is 2. The van der Waals surface area contributed by atoms with E-state index >= 15 is 0 Å². The Kier molecular flexibility index (Phi) is 7.30. The molecule has 0 aliphatic heterocycles. The van der Waals surface area contributed by atoms with Crippen LogP contribution in [0.3, 0.4) is 0 Å². The number of pyridine rings is 1. The van der Waals surface area contributed by atoms with E-state index in [1.54, 1.807) is 24.2 Å². The summed E-state index contributed by atoms with van der Waals surface area (Å²) < 4.78 is 5.82. The molecule has 1 unspecified atom stereocenters. The van der Waals surface area contributed by atoms with Crippen molar-refractivity contribution in [2.75, 3.05) is 45.7 Å². The third kappa shape index (κ3) is 6.14. The maximum Gasteiger partial charge on any atom is 0.239 e. The minimum absolute atomic E-state index is 0.115. The van der Waals surface area contributed by atoms with Crippen LogP contribution in [0.25, 0.3) is 11.5 Å². The summed E-state index contributed by atoms with van der Waals surface area (Å²) in [6, 6.07) is 3.62. The molecule has 2 N–H and O–H groups in total. The van der Waals surface area contributed by atoms with Crippen LogP contribution >= 0.6 is 0 Å². The summed E-state index contributed by atoms with van der Waals surface area (Å²) in [7, 11) is 5.79. The summed E-state index contributed by atoms with van der Waals surface area (Å²) in [6.45, 7) is 7.30. The number of aromatic nitrogens is 3. The Bertz CT molecular complexity index is 957. The fourth-order valence-electron chi connectivity index (χ4n) is 3.58. The van der Waals surface area contributed by atoms with Gasteiger partial charge in [-0.25, -0.2) is 9.97 Å². The van der Waals surface area contributed by atoms with Gasteiger partial charge in [-0.1, -0.05) is 0 Å². The van der Waals surface area contributed by atoms with Gasteiger partial charge >= 0.3 is 0 Å². The molecule has 0 fully saturated rings. The van der Waals surface area contributed by atoms with Crippen molar-refractivity contribution in [2.24, 2.45) is 0 Å². The lowest BCUT2D eigenvalue weighted by molar-refractivity contribution is -0.121. The molecule has 0 bridgehead atoms. The molecule has 1 amide bonds. The molecular weight excluding hydrogens is 408 g/mol. The Morgan fingerprint density at radius 2 is 2.03 bits per heavy atom. The Morgan fingerprint density at radius 3 is 2.72 bits per heavy atom. The highest BCUT2D eigenvalue weighted by Crippen LogP contribution is 2.37. The van der Waals surface area contributed by atoms with Crippen molar-refractivity contribution in [3.8, 4) is 17.3 Å². The van der Waals surface area contributed by atoms with E-state index in [1.807, 2.05) is 40.9 Å². The highest BCUT2D eigenvalue weighted by atomic mass is 16.5. The van der Waals surface area contributed by atoms with Crippen LogP contribution in [0.15, 0.2) is 18.3 Å². The summed E-state index contributed by atoms with van der Waals surface area (Å²) in [5.41, 5.74) is 1.75. The first-order valence-corrected chi connectivity index (χ1v) is 10.9. The second-order valence-electron chi connectivity index (χ2n) is 9.47. The quantitative estimate of drug-likeness (QED) is 0.638. The van der Waals surface area contributed by atoms with Gasteiger partial charge in [0, 0.05) is 37.0 Å². The van der Waals surface area contributed by atoms with Crippen molar-refractivity contribution >= 4 is 11.7 Å². The lowest BCUT2D eigenvalue weighted by Crippen LogP contribution is -2.45. The topological polar surface area (TPSA) is 104 Å². The molecule has 2 aromatic rings. The molecule has 32 heavy (non-hydrogen) atoms. The van der Waals surface area contributed by atoms with E-state index in [9.17, 15) is 9.90 Å². The number of aryl methyl sites for hydroxylation is 1. The predicted molar refractivity (Wildman–Crippen MR) is 124 cm³/mol. The third-order valence-electron chi connectivity index (χ3n) is 5.02. The molecule has 1 atom stereocenters. The van der Waals surface area contributed by atoms with Gasteiger partial charge in [-0.3, -0.25) is 9.78 Å². The number of amides is 1. The highest BCUT2D eigenvalue weighted by Gasteiger charge is 2.30. The molecule has 0 saturated heterocycles. The first kappa shape index (κ1) is 23.9. The number of hydrogen-bond acceptors (Lipinski definition) is 8. The standard InChI is InChI=1S/C23H34N6O3/c1-23(2,3)27-19(31)14-29(6)22-20-16(7-8-18(20)30)25-21(26-22)17-13-15(9-10-24-17)32-12-11-28(4)5/h9-10,13,18,30H,7-8,11-12,14H2,1-6H3,(H,27,31). The summed E-state index contributed by atoms with van der Waals surface area (Å²) in [6.07, 6.45) is 2.27. The van der Waals surface area contributed by atoms with Crippen LogP contribution in [-0.4, -0.2) is 77.2 Å². The Balaban J connectivity index is 1.89. The van der Waals surface area contributed by atoms with Crippen LogP contribution in [0.5, 0.6) is 5.75 Å². The summed E-state index contributed by atoms with van der Waals surface area (Å²) in [5, 5.41) is 13.5. The van der Waals surface area contributed by atoms with Crippen molar-refractivity contribution < 1.29 is 14.6 Å². The van der Waals surface area contributed by atoms with Crippen molar-refractivity contribution in [1.29, 1.82) is 0 Å². The number of nitrogens with one attached hydrogen (secondary N) is 1. The number of anilines is 1. The average Bonchev–Trinajstić information content (AvgIpc) is 3.06. The number of aliphatic hydroxyl groups excluding tert-OH is 1. The van der Waals surface area contributed by atoms with Crippen molar-refractivity contribution in [3.63, 3.8) is 0 Å². The molecule has 1 aliphatic rings. The van der Waals surface area contributed by atoms with Crippen LogP contribution in [0.2, 0.25) is 0 Å². The SMILES string of the molecule is CN(C)CCOc1ccnc(-c2nc3c(c(N(C)CC(=O)NC(C)(C)C)n2)C(O)CC3)c1. The monoisotopic (exact) mass is 442 g/mol. The molecule has 9 nitrogen and oxygen atoms in total. The third-order valence-corrected chi connectivity index (χ3v) is 5.02. The normalized spacial score (nSPS) is 15.6.